The van der Waals surface area contributed by atoms with Gasteiger partial charge < -0.3 is 14.6 Å². The Labute approximate surface area is 502 Å². The van der Waals surface area contributed by atoms with Crippen LogP contribution in [0.25, 0.3) is 0 Å². The summed E-state index contributed by atoms with van der Waals surface area (Å²) in [6.45, 7) is 4.22. The molecule has 5 nitrogen and oxygen atoms in total. The maximum absolute atomic E-state index is 12.4. The summed E-state index contributed by atoms with van der Waals surface area (Å²) in [4.78, 5) is 24.7. The number of carbonyl (C=O) groups is 2. The molecule has 0 aliphatic heterocycles. The van der Waals surface area contributed by atoms with Crippen molar-refractivity contribution >= 4 is 11.9 Å². The number of rotatable bonds is 71. The second kappa shape index (κ2) is 71.9. The van der Waals surface area contributed by atoms with Gasteiger partial charge in [0.15, 0.2) is 6.10 Å². The highest BCUT2D eigenvalue weighted by atomic mass is 16.6. The van der Waals surface area contributed by atoms with Crippen LogP contribution in [0.1, 0.15) is 438 Å². The third-order valence-corrected chi connectivity index (χ3v) is 17.6. The number of aliphatic hydroxyl groups is 1. The molecule has 0 saturated heterocycles. The Kier molecular flexibility index (Phi) is 70.7. The van der Waals surface area contributed by atoms with Gasteiger partial charge in [0, 0.05) is 12.8 Å². The molecule has 0 radical (unpaired) electrons. The van der Waals surface area contributed by atoms with Gasteiger partial charge in [0.05, 0.1) is 6.61 Å². The summed E-state index contributed by atoms with van der Waals surface area (Å²) in [7, 11) is 0. The monoisotopic (exact) mass is 1130 g/mol. The molecule has 0 aromatic carbocycles. The number of unbranched alkanes of at least 4 members (excludes halogenated alkanes) is 61. The Hall–Kier alpha value is -1.36. The first-order valence-corrected chi connectivity index (χ1v) is 37.2. The smallest absolute Gasteiger partial charge is 0.306 e. The fourth-order valence-corrected chi connectivity index (χ4v) is 12.0. The molecule has 0 aromatic heterocycles. The van der Waals surface area contributed by atoms with Gasteiger partial charge in [-0.05, 0) is 38.5 Å². The lowest BCUT2D eigenvalue weighted by molar-refractivity contribution is -0.161. The van der Waals surface area contributed by atoms with Crippen molar-refractivity contribution in [2.24, 2.45) is 0 Å². The molecule has 0 aliphatic rings. The lowest BCUT2D eigenvalue weighted by atomic mass is 10.0. The van der Waals surface area contributed by atoms with E-state index in [2.05, 4.69) is 26.0 Å². The van der Waals surface area contributed by atoms with Crippen LogP contribution in [0.15, 0.2) is 12.2 Å². The topological polar surface area (TPSA) is 72.8 Å². The van der Waals surface area contributed by atoms with Gasteiger partial charge in [0.1, 0.15) is 6.61 Å². The first kappa shape index (κ1) is 78.6. The van der Waals surface area contributed by atoms with Crippen LogP contribution >= 0.6 is 0 Å². The van der Waals surface area contributed by atoms with Gasteiger partial charge >= 0.3 is 11.9 Å². The van der Waals surface area contributed by atoms with Gasteiger partial charge in [0.25, 0.3) is 0 Å². The molecule has 1 N–H and O–H groups in total. The first-order valence-electron chi connectivity index (χ1n) is 37.2. The molecule has 0 rings (SSSR count). The predicted molar refractivity (Wildman–Crippen MR) is 353 cm³/mol. The zero-order valence-corrected chi connectivity index (χ0v) is 54.9. The lowest BCUT2D eigenvalue weighted by Gasteiger charge is -2.15. The number of hydrogen-bond donors (Lipinski definition) is 1. The Morgan fingerprint density at radius 2 is 0.463 bits per heavy atom. The van der Waals surface area contributed by atoms with E-state index in [-0.39, 0.29) is 25.2 Å². The van der Waals surface area contributed by atoms with Crippen LogP contribution in [0.2, 0.25) is 0 Å². The van der Waals surface area contributed by atoms with Gasteiger partial charge in [-0.3, -0.25) is 9.59 Å². The maximum Gasteiger partial charge on any atom is 0.306 e. The number of esters is 2. The van der Waals surface area contributed by atoms with Crippen LogP contribution in [-0.4, -0.2) is 36.4 Å². The number of carbonyl (C=O) groups excluding carboxylic acids is 2. The van der Waals surface area contributed by atoms with Crippen molar-refractivity contribution in [2.75, 3.05) is 13.2 Å². The van der Waals surface area contributed by atoms with Crippen LogP contribution < -0.4 is 0 Å². The third kappa shape index (κ3) is 69.1. The van der Waals surface area contributed by atoms with Crippen molar-refractivity contribution in [1.29, 1.82) is 0 Å². The van der Waals surface area contributed by atoms with Crippen LogP contribution in [-0.2, 0) is 19.1 Å². The minimum atomic E-state index is -0.767. The third-order valence-electron chi connectivity index (χ3n) is 17.6. The molecule has 0 spiro atoms. The van der Waals surface area contributed by atoms with Gasteiger partial charge in [-0.15, -0.1) is 0 Å². The molecule has 0 heterocycles. The SMILES string of the molecule is CCCCCCCCCC/C=C\CCCCCCCCCCCCCCCCCCCCCCCC(=O)OC(CO)COC(=O)CCCCCCCCCCCCCCCCCCCCCCCCCCCCCCCCCCC. The first-order chi connectivity index (χ1) is 39.6. The van der Waals surface area contributed by atoms with Crippen molar-refractivity contribution in [3.05, 3.63) is 12.2 Å². The van der Waals surface area contributed by atoms with Crippen molar-refractivity contribution < 1.29 is 24.2 Å². The van der Waals surface area contributed by atoms with E-state index >= 15 is 0 Å². The Balaban J connectivity index is 3.35. The highest BCUT2D eigenvalue weighted by molar-refractivity contribution is 5.70. The largest absolute Gasteiger partial charge is 0.462 e. The number of allylic oxidation sites excluding steroid dienone is 2. The number of aliphatic hydroxyl groups excluding tert-OH is 1. The van der Waals surface area contributed by atoms with E-state index in [9.17, 15) is 14.7 Å². The normalized spacial score (nSPS) is 12.1. The summed E-state index contributed by atoms with van der Waals surface area (Å²) in [5, 5.41) is 9.71. The fourth-order valence-electron chi connectivity index (χ4n) is 12.0. The molecule has 5 heteroatoms. The summed E-state index contributed by atoms with van der Waals surface area (Å²) in [6, 6.07) is 0. The molecule has 1 atom stereocenters. The van der Waals surface area contributed by atoms with Crippen molar-refractivity contribution in [1.82, 2.24) is 0 Å². The van der Waals surface area contributed by atoms with Crippen molar-refractivity contribution in [3.63, 3.8) is 0 Å². The fraction of sp³-hybridized carbons (Fsp3) is 0.947. The van der Waals surface area contributed by atoms with E-state index in [1.54, 1.807) is 0 Å². The summed E-state index contributed by atoms with van der Waals surface area (Å²) < 4.78 is 10.8. The second-order valence-electron chi connectivity index (χ2n) is 25.7. The highest BCUT2D eigenvalue weighted by Gasteiger charge is 2.16. The maximum atomic E-state index is 12.4. The molecule has 0 aromatic rings. The van der Waals surface area contributed by atoms with E-state index in [1.165, 1.54) is 379 Å². The Morgan fingerprint density at radius 1 is 0.275 bits per heavy atom. The number of ether oxygens (including phenoxy) is 2. The van der Waals surface area contributed by atoms with Gasteiger partial charge in [-0.25, -0.2) is 0 Å². The lowest BCUT2D eigenvalue weighted by Crippen LogP contribution is -2.28. The Bertz CT molecular complexity index is 1180. The van der Waals surface area contributed by atoms with E-state index in [1.807, 2.05) is 0 Å². The average Bonchev–Trinajstić information content (AvgIpc) is 3.46. The molecule has 0 bridgehead atoms. The van der Waals surface area contributed by atoms with Gasteiger partial charge in [-0.1, -0.05) is 398 Å². The zero-order chi connectivity index (χ0) is 57.6. The summed E-state index contributed by atoms with van der Waals surface area (Å²) in [5.41, 5.74) is 0. The minimum Gasteiger partial charge on any atom is -0.462 e. The Morgan fingerprint density at radius 3 is 0.675 bits per heavy atom. The molecule has 476 valence electrons. The zero-order valence-electron chi connectivity index (χ0n) is 54.9. The van der Waals surface area contributed by atoms with Crippen LogP contribution in [0.3, 0.4) is 0 Å². The minimum absolute atomic E-state index is 0.0564. The molecular weight excluding hydrogens is 981 g/mol. The number of hydrogen-bond acceptors (Lipinski definition) is 5. The predicted octanol–water partition coefficient (Wildman–Crippen LogP) is 25.8. The molecular formula is C75H146O5. The standard InChI is InChI=1S/C75H146O5/c1-3-5-7-9-11-13-15-17-19-21-23-25-27-29-31-33-35-37-39-41-43-45-47-49-51-53-55-57-59-61-63-65-67-69-74(77)79-72-73(71-76)80-75(78)70-68-66-64-62-60-58-56-54-52-50-48-46-44-42-40-38-36-34-32-30-28-26-24-22-20-18-16-14-12-10-8-6-4-2/h22,24,73,76H,3-21,23,25-72H2,1-2H3/b24-22-. The van der Waals surface area contributed by atoms with Crippen molar-refractivity contribution in [2.45, 2.75) is 444 Å². The molecule has 1 unspecified atom stereocenters. The molecule has 0 fully saturated rings. The van der Waals surface area contributed by atoms with Crippen LogP contribution in [0.4, 0.5) is 0 Å². The summed E-state index contributed by atoms with van der Waals surface area (Å²) >= 11 is 0. The average molecular weight is 1130 g/mol. The molecule has 0 aliphatic carbocycles. The molecule has 0 saturated carbocycles. The van der Waals surface area contributed by atoms with Gasteiger partial charge in [0.2, 0.25) is 0 Å². The van der Waals surface area contributed by atoms with E-state index < -0.39 is 6.10 Å². The van der Waals surface area contributed by atoms with Crippen LogP contribution in [0.5, 0.6) is 0 Å². The van der Waals surface area contributed by atoms with E-state index in [4.69, 9.17) is 9.47 Å². The summed E-state index contributed by atoms with van der Waals surface area (Å²) in [5.74, 6) is -0.559. The van der Waals surface area contributed by atoms with E-state index in [0.717, 1.165) is 32.1 Å². The molecule has 0 amide bonds. The quantitative estimate of drug-likeness (QED) is 0.0373. The van der Waals surface area contributed by atoms with Crippen molar-refractivity contribution in [3.8, 4) is 0 Å². The molecule has 80 heavy (non-hydrogen) atoms. The summed E-state index contributed by atoms with van der Waals surface area (Å²) in [6.07, 6.45) is 92.8. The van der Waals surface area contributed by atoms with E-state index in [0.29, 0.717) is 12.8 Å². The van der Waals surface area contributed by atoms with Gasteiger partial charge in [-0.2, -0.15) is 0 Å². The van der Waals surface area contributed by atoms with Crippen LogP contribution in [0, 0.1) is 0 Å². The second-order valence-corrected chi connectivity index (χ2v) is 25.7. The highest BCUT2D eigenvalue weighted by Crippen LogP contribution is 2.20.